The number of hydrogen-bond acceptors (Lipinski definition) is 2. The smallest absolute Gasteiger partial charge is 0.240 e. The van der Waals surface area contributed by atoms with Crippen LogP contribution in [0.25, 0.3) is 0 Å². The summed E-state index contributed by atoms with van der Waals surface area (Å²) in [4.78, 5) is 25.2. The highest BCUT2D eigenvalue weighted by atomic mass is 35.5. The molecule has 24 heavy (non-hydrogen) atoms. The molecule has 0 unspecified atom stereocenters. The van der Waals surface area contributed by atoms with Crippen LogP contribution in [0.1, 0.15) is 18.4 Å². The lowest BCUT2D eigenvalue weighted by atomic mass is 10.0. The van der Waals surface area contributed by atoms with Crippen LogP contribution in [0.2, 0.25) is 10.0 Å². The Bertz CT molecular complexity index is 816. The highest BCUT2D eigenvalue weighted by molar-refractivity contribution is 6.37. The van der Waals surface area contributed by atoms with E-state index >= 15 is 0 Å². The Morgan fingerprint density at radius 1 is 0.958 bits per heavy atom. The van der Waals surface area contributed by atoms with Crippen LogP contribution in [-0.4, -0.2) is 11.8 Å². The van der Waals surface area contributed by atoms with Gasteiger partial charge >= 0.3 is 0 Å². The maximum absolute atomic E-state index is 12.6. The number of benzene rings is 2. The van der Waals surface area contributed by atoms with Gasteiger partial charge in [-0.25, -0.2) is 0 Å². The Morgan fingerprint density at radius 2 is 1.58 bits per heavy atom. The van der Waals surface area contributed by atoms with E-state index < -0.39 is 5.41 Å². The molecule has 1 aliphatic rings. The Labute approximate surface area is 150 Å². The largest absolute Gasteiger partial charge is 0.325 e. The maximum atomic E-state index is 12.6. The summed E-state index contributed by atoms with van der Waals surface area (Å²) in [5.74, 6) is -0.641. The van der Waals surface area contributed by atoms with Gasteiger partial charge in [-0.1, -0.05) is 41.4 Å². The predicted molar refractivity (Wildman–Crippen MR) is 96.6 cm³/mol. The first kappa shape index (κ1) is 16.8. The van der Waals surface area contributed by atoms with Gasteiger partial charge in [-0.3, -0.25) is 9.59 Å². The Kier molecular flexibility index (Phi) is 4.52. The number of halogens is 2. The second-order valence-corrected chi connectivity index (χ2v) is 6.77. The third-order valence-corrected chi connectivity index (χ3v) is 4.74. The fraction of sp³-hybridized carbons (Fsp3) is 0.222. The van der Waals surface area contributed by atoms with E-state index in [9.17, 15) is 9.59 Å². The average Bonchev–Trinajstić information content (AvgIpc) is 3.34. The zero-order valence-corrected chi connectivity index (χ0v) is 14.5. The molecule has 2 N–H and O–H groups in total. The molecule has 4 nitrogen and oxygen atoms in total. The van der Waals surface area contributed by atoms with Gasteiger partial charge in [0, 0.05) is 10.7 Å². The number of nitrogens with one attached hydrogen (secondary N) is 2. The monoisotopic (exact) mass is 362 g/mol. The first-order valence-corrected chi connectivity index (χ1v) is 8.31. The van der Waals surface area contributed by atoms with Gasteiger partial charge in [0.25, 0.3) is 0 Å². The van der Waals surface area contributed by atoms with E-state index in [0.29, 0.717) is 34.3 Å². The van der Waals surface area contributed by atoms with E-state index in [1.807, 2.05) is 31.2 Å². The van der Waals surface area contributed by atoms with Crippen LogP contribution in [0, 0.1) is 12.3 Å². The number of amides is 2. The molecule has 0 spiro atoms. The summed E-state index contributed by atoms with van der Waals surface area (Å²) in [7, 11) is 0. The van der Waals surface area contributed by atoms with Crippen molar-refractivity contribution in [3.05, 3.63) is 58.1 Å². The minimum Gasteiger partial charge on any atom is -0.325 e. The van der Waals surface area contributed by atoms with E-state index in [1.54, 1.807) is 18.2 Å². The van der Waals surface area contributed by atoms with Gasteiger partial charge in [0.15, 0.2) is 0 Å². The topological polar surface area (TPSA) is 58.2 Å². The SMILES string of the molecule is Cc1ccccc1NC(=O)C1(C(=O)Nc2ccc(Cl)cc2Cl)CC1. The van der Waals surface area contributed by atoms with Gasteiger partial charge in [0.2, 0.25) is 11.8 Å². The third-order valence-electron chi connectivity index (χ3n) is 4.19. The normalized spacial score (nSPS) is 14.8. The molecule has 1 fully saturated rings. The fourth-order valence-electron chi connectivity index (χ4n) is 2.47. The molecule has 2 aromatic carbocycles. The van der Waals surface area contributed by atoms with Gasteiger partial charge < -0.3 is 10.6 Å². The lowest BCUT2D eigenvalue weighted by Gasteiger charge is -2.17. The minimum atomic E-state index is -1.04. The third kappa shape index (κ3) is 3.25. The van der Waals surface area contributed by atoms with Crippen molar-refractivity contribution >= 4 is 46.4 Å². The van der Waals surface area contributed by atoms with Crippen LogP contribution < -0.4 is 10.6 Å². The van der Waals surface area contributed by atoms with Crippen LogP contribution >= 0.6 is 23.2 Å². The van der Waals surface area contributed by atoms with Crippen LogP contribution in [0.3, 0.4) is 0 Å². The molecule has 1 aliphatic carbocycles. The molecule has 0 aromatic heterocycles. The molecule has 0 saturated heterocycles. The molecule has 3 rings (SSSR count). The molecule has 2 aromatic rings. The van der Waals surface area contributed by atoms with Gasteiger partial charge in [-0.05, 0) is 49.6 Å². The molecule has 0 radical (unpaired) electrons. The van der Waals surface area contributed by atoms with Crippen LogP contribution in [0.4, 0.5) is 11.4 Å². The number of carbonyl (C=O) groups excluding carboxylic acids is 2. The lowest BCUT2D eigenvalue weighted by Crippen LogP contribution is -2.35. The lowest BCUT2D eigenvalue weighted by molar-refractivity contribution is -0.131. The summed E-state index contributed by atoms with van der Waals surface area (Å²) in [6.07, 6.45) is 1.03. The van der Waals surface area contributed by atoms with Crippen molar-refractivity contribution in [1.82, 2.24) is 0 Å². The molecule has 2 amide bonds. The summed E-state index contributed by atoms with van der Waals surface area (Å²) in [6, 6.07) is 12.3. The number of hydrogen-bond donors (Lipinski definition) is 2. The van der Waals surface area contributed by atoms with E-state index in [0.717, 1.165) is 5.56 Å². The number of anilines is 2. The standard InChI is InChI=1S/C18H16Cl2N2O2/c1-11-4-2-3-5-14(11)21-16(23)18(8-9-18)17(24)22-15-7-6-12(19)10-13(15)20/h2-7,10H,8-9H2,1H3,(H,21,23)(H,22,24). The summed E-state index contributed by atoms with van der Waals surface area (Å²) in [6.45, 7) is 1.91. The van der Waals surface area contributed by atoms with Crippen molar-refractivity contribution in [2.75, 3.05) is 10.6 Å². The number of rotatable bonds is 4. The first-order chi connectivity index (χ1) is 11.4. The molecule has 0 bridgehead atoms. The van der Waals surface area contributed by atoms with E-state index in [2.05, 4.69) is 10.6 Å². The van der Waals surface area contributed by atoms with Gasteiger partial charge in [0.05, 0.1) is 10.7 Å². The molecular weight excluding hydrogens is 347 g/mol. The molecule has 0 atom stereocenters. The Hall–Kier alpha value is -2.04. The van der Waals surface area contributed by atoms with E-state index in [1.165, 1.54) is 0 Å². The summed E-state index contributed by atoms with van der Waals surface area (Å²) in [5, 5.41) is 6.40. The van der Waals surface area contributed by atoms with Crippen LogP contribution in [0.5, 0.6) is 0 Å². The fourth-order valence-corrected chi connectivity index (χ4v) is 2.93. The number of aryl methyl sites for hydroxylation is 1. The molecule has 1 saturated carbocycles. The molecule has 6 heteroatoms. The second-order valence-electron chi connectivity index (χ2n) is 5.93. The molecule has 124 valence electrons. The summed E-state index contributed by atoms with van der Waals surface area (Å²) in [5.41, 5.74) is 1.07. The van der Waals surface area contributed by atoms with E-state index in [-0.39, 0.29) is 11.8 Å². The summed E-state index contributed by atoms with van der Waals surface area (Å²) >= 11 is 11.9. The van der Waals surface area contributed by atoms with E-state index in [4.69, 9.17) is 23.2 Å². The van der Waals surface area contributed by atoms with Crippen molar-refractivity contribution in [2.45, 2.75) is 19.8 Å². The van der Waals surface area contributed by atoms with Crippen molar-refractivity contribution in [3.8, 4) is 0 Å². The zero-order valence-electron chi connectivity index (χ0n) is 13.0. The molecule has 0 aliphatic heterocycles. The van der Waals surface area contributed by atoms with Crippen molar-refractivity contribution in [1.29, 1.82) is 0 Å². The van der Waals surface area contributed by atoms with Crippen LogP contribution in [-0.2, 0) is 9.59 Å². The predicted octanol–water partition coefficient (Wildman–Crippen LogP) is 4.66. The highest BCUT2D eigenvalue weighted by Crippen LogP contribution is 2.48. The average molecular weight is 363 g/mol. The Morgan fingerprint density at radius 3 is 2.17 bits per heavy atom. The van der Waals surface area contributed by atoms with Crippen molar-refractivity contribution < 1.29 is 9.59 Å². The number of carbonyl (C=O) groups is 2. The molecule has 0 heterocycles. The Balaban J connectivity index is 1.74. The summed E-state index contributed by atoms with van der Waals surface area (Å²) < 4.78 is 0. The first-order valence-electron chi connectivity index (χ1n) is 7.56. The second kappa shape index (κ2) is 6.46. The van der Waals surface area contributed by atoms with Gasteiger partial charge in [0.1, 0.15) is 5.41 Å². The number of para-hydroxylation sites is 1. The van der Waals surface area contributed by atoms with Crippen molar-refractivity contribution in [2.24, 2.45) is 5.41 Å². The van der Waals surface area contributed by atoms with Gasteiger partial charge in [-0.2, -0.15) is 0 Å². The minimum absolute atomic E-state index is 0.292. The molecular formula is C18H16Cl2N2O2. The maximum Gasteiger partial charge on any atom is 0.240 e. The quantitative estimate of drug-likeness (QED) is 0.777. The van der Waals surface area contributed by atoms with Gasteiger partial charge in [-0.15, -0.1) is 0 Å². The van der Waals surface area contributed by atoms with Crippen LogP contribution in [0.15, 0.2) is 42.5 Å². The highest BCUT2D eigenvalue weighted by Gasteiger charge is 2.56. The zero-order chi connectivity index (χ0) is 17.3. The van der Waals surface area contributed by atoms with Crippen molar-refractivity contribution in [3.63, 3.8) is 0 Å².